The summed E-state index contributed by atoms with van der Waals surface area (Å²) in [5.74, 6) is -0.575. The number of carbonyl (C=O) groups excluding carboxylic acids is 2. The van der Waals surface area contributed by atoms with Crippen molar-refractivity contribution in [1.29, 1.82) is 0 Å². The first-order chi connectivity index (χ1) is 10.0. The minimum atomic E-state index is -0.369. The molecule has 0 radical (unpaired) electrons. The van der Waals surface area contributed by atoms with E-state index in [9.17, 15) is 9.59 Å². The van der Waals surface area contributed by atoms with E-state index in [0.717, 1.165) is 11.1 Å². The predicted octanol–water partition coefficient (Wildman–Crippen LogP) is -0.219. The van der Waals surface area contributed by atoms with Gasteiger partial charge < -0.3 is 10.6 Å². The Labute approximate surface area is 121 Å². The summed E-state index contributed by atoms with van der Waals surface area (Å²) in [5.41, 5.74) is 8.16. The zero-order valence-corrected chi connectivity index (χ0v) is 11.7. The molecule has 0 aliphatic carbocycles. The number of rotatable bonds is 2. The predicted molar refractivity (Wildman–Crippen MR) is 74.5 cm³/mol. The molecule has 2 saturated heterocycles. The average molecular weight is 288 g/mol. The highest BCUT2D eigenvalue weighted by molar-refractivity contribution is 6.09. The van der Waals surface area contributed by atoms with Crippen LogP contribution in [0.5, 0.6) is 0 Å². The van der Waals surface area contributed by atoms with E-state index in [2.05, 4.69) is 21.6 Å². The zero-order chi connectivity index (χ0) is 15.0. The number of ketones is 1. The minimum absolute atomic E-state index is 0.208. The van der Waals surface area contributed by atoms with Crippen LogP contribution in [0.2, 0.25) is 0 Å². The Morgan fingerprint density at radius 1 is 1.14 bits per heavy atom. The minimum Gasteiger partial charge on any atom is -0.361 e. The van der Waals surface area contributed by atoms with Gasteiger partial charge in [-0.15, -0.1) is 0 Å². The van der Waals surface area contributed by atoms with Gasteiger partial charge in [0, 0.05) is 11.6 Å². The molecule has 2 heterocycles. The maximum absolute atomic E-state index is 12.3. The van der Waals surface area contributed by atoms with E-state index in [1.807, 2.05) is 26.0 Å². The van der Waals surface area contributed by atoms with Crippen molar-refractivity contribution in [3.05, 3.63) is 46.7 Å². The van der Waals surface area contributed by atoms with Crippen molar-refractivity contribution < 1.29 is 14.5 Å². The number of aryl methyl sites for hydroxylation is 2. The van der Waals surface area contributed by atoms with Gasteiger partial charge >= 0.3 is 0 Å². The molecule has 1 aromatic rings. The molecule has 2 atom stereocenters. The molecule has 7 heteroatoms. The second-order valence-corrected chi connectivity index (χ2v) is 5.13. The highest BCUT2D eigenvalue weighted by atomic mass is 16.8. The number of amides is 1. The van der Waals surface area contributed by atoms with Crippen molar-refractivity contribution in [2.24, 2.45) is 0 Å². The fourth-order valence-corrected chi connectivity index (χ4v) is 2.19. The van der Waals surface area contributed by atoms with Crippen LogP contribution in [0.3, 0.4) is 0 Å². The van der Waals surface area contributed by atoms with Gasteiger partial charge in [-0.3, -0.25) is 9.59 Å². The summed E-state index contributed by atoms with van der Waals surface area (Å²) in [6.45, 7) is 3.93. The second-order valence-electron chi connectivity index (χ2n) is 5.13. The number of benzene rings is 1. The summed E-state index contributed by atoms with van der Waals surface area (Å²) in [7, 11) is 0. The van der Waals surface area contributed by atoms with Crippen LogP contribution in [0, 0.1) is 13.8 Å². The van der Waals surface area contributed by atoms with Crippen molar-refractivity contribution in [3.63, 3.8) is 0 Å². The van der Waals surface area contributed by atoms with Gasteiger partial charge in [-0.1, -0.05) is 12.1 Å². The van der Waals surface area contributed by atoms with E-state index < -0.39 is 0 Å². The Kier molecular flexibility index (Phi) is 3.46. The van der Waals surface area contributed by atoms with Crippen LogP contribution in [0.15, 0.2) is 30.0 Å². The van der Waals surface area contributed by atoms with Crippen molar-refractivity contribution in [2.45, 2.75) is 26.2 Å². The number of piperazine rings is 1. The molecular weight excluding hydrogens is 272 g/mol. The van der Waals surface area contributed by atoms with E-state index in [1.54, 1.807) is 6.07 Å². The van der Waals surface area contributed by atoms with Crippen LogP contribution in [0.25, 0.3) is 0 Å². The van der Waals surface area contributed by atoms with Crippen molar-refractivity contribution >= 4 is 11.7 Å². The van der Waals surface area contributed by atoms with Crippen molar-refractivity contribution in [3.8, 4) is 0 Å². The van der Waals surface area contributed by atoms with Crippen LogP contribution in [0.1, 0.15) is 21.5 Å². The van der Waals surface area contributed by atoms with E-state index in [4.69, 9.17) is 4.94 Å². The van der Waals surface area contributed by atoms with Gasteiger partial charge in [-0.2, -0.15) is 11.0 Å². The Morgan fingerprint density at radius 2 is 1.86 bits per heavy atom. The largest absolute Gasteiger partial charge is 0.361 e. The number of carbonyl (C=O) groups is 2. The molecule has 2 aliphatic heterocycles. The zero-order valence-electron chi connectivity index (χ0n) is 11.7. The Balaban J connectivity index is 1.81. The maximum Gasteiger partial charge on any atom is 0.268 e. The summed E-state index contributed by atoms with van der Waals surface area (Å²) in [4.78, 5) is 29.0. The van der Waals surface area contributed by atoms with Gasteiger partial charge in [0.25, 0.3) is 5.91 Å². The summed E-state index contributed by atoms with van der Waals surface area (Å²) in [6.07, 6.45) is 0.614. The maximum atomic E-state index is 12.3. The Bertz CT molecular complexity index is 641. The van der Waals surface area contributed by atoms with Gasteiger partial charge in [-0.05, 0) is 31.0 Å². The number of hydrogen-bond donors (Lipinski definition) is 4. The van der Waals surface area contributed by atoms with Crippen LogP contribution in [0.4, 0.5) is 0 Å². The Morgan fingerprint density at radius 3 is 2.57 bits per heavy atom. The van der Waals surface area contributed by atoms with Crippen LogP contribution in [-0.2, 0) is 9.73 Å². The molecule has 2 fully saturated rings. The lowest BCUT2D eigenvalue weighted by atomic mass is 10.0. The number of hydrogen-bond acceptors (Lipinski definition) is 6. The molecule has 1 aromatic carbocycles. The topological polar surface area (TPSA) is 91.5 Å². The number of nitrogens with one attached hydrogen (secondary N) is 4. The summed E-state index contributed by atoms with van der Waals surface area (Å²) in [6, 6.07) is 5.46. The first-order valence-electron chi connectivity index (χ1n) is 6.62. The SMILES string of the molecule is Cc1ccc(C(=O)/C=C2/NC3NONC3NC2=O)cc1C. The lowest BCUT2D eigenvalue weighted by molar-refractivity contribution is -0.120. The van der Waals surface area contributed by atoms with E-state index in [-0.39, 0.29) is 29.7 Å². The number of fused-ring (bicyclic) bond motifs is 1. The lowest BCUT2D eigenvalue weighted by Gasteiger charge is -2.27. The third-order valence-electron chi connectivity index (χ3n) is 3.61. The third kappa shape index (κ3) is 2.66. The molecule has 110 valence electrons. The third-order valence-corrected chi connectivity index (χ3v) is 3.61. The summed E-state index contributed by atoms with van der Waals surface area (Å²) >= 11 is 0. The van der Waals surface area contributed by atoms with Gasteiger partial charge in [-0.25, -0.2) is 4.94 Å². The molecule has 1 amide bonds. The van der Waals surface area contributed by atoms with Crippen molar-refractivity contribution in [2.75, 3.05) is 0 Å². The highest BCUT2D eigenvalue weighted by Crippen LogP contribution is 2.13. The summed E-state index contributed by atoms with van der Waals surface area (Å²) in [5, 5.41) is 5.61. The number of hydroxylamine groups is 2. The second kappa shape index (κ2) is 5.28. The Hall–Kier alpha value is -2.22. The fraction of sp³-hybridized carbons (Fsp3) is 0.286. The van der Waals surface area contributed by atoms with E-state index >= 15 is 0 Å². The molecule has 2 unspecified atom stereocenters. The van der Waals surface area contributed by atoms with Crippen molar-refractivity contribution in [1.82, 2.24) is 21.6 Å². The monoisotopic (exact) mass is 288 g/mol. The quantitative estimate of drug-likeness (QED) is 0.444. The molecule has 4 N–H and O–H groups in total. The molecule has 7 nitrogen and oxygen atoms in total. The van der Waals surface area contributed by atoms with Gasteiger partial charge in [0.05, 0.1) is 0 Å². The molecule has 0 spiro atoms. The van der Waals surface area contributed by atoms with E-state index in [0.29, 0.717) is 5.56 Å². The molecular formula is C14H16N4O3. The molecule has 21 heavy (non-hydrogen) atoms. The van der Waals surface area contributed by atoms with Gasteiger partial charge in [0.1, 0.15) is 18.0 Å². The molecule has 3 rings (SSSR count). The molecule has 0 saturated carbocycles. The van der Waals surface area contributed by atoms with Crippen LogP contribution >= 0.6 is 0 Å². The lowest BCUT2D eigenvalue weighted by Crippen LogP contribution is -2.61. The normalized spacial score (nSPS) is 26.2. The first-order valence-corrected chi connectivity index (χ1v) is 6.62. The fourth-order valence-electron chi connectivity index (χ4n) is 2.19. The average Bonchev–Trinajstić information content (AvgIpc) is 2.89. The molecule has 0 aromatic heterocycles. The molecule has 2 aliphatic rings. The standard InChI is InChI=1S/C14H16N4O3/c1-7-3-4-9(5-8(7)2)11(19)6-10-14(20)16-13-12(15-10)17-21-18-13/h3-6,12-13,15,17-18H,1-2H3,(H,16,20)/b10-6+. The smallest absolute Gasteiger partial charge is 0.268 e. The van der Waals surface area contributed by atoms with Crippen LogP contribution < -0.4 is 21.6 Å². The first kappa shape index (κ1) is 13.7. The number of allylic oxidation sites excluding steroid dienone is 1. The van der Waals surface area contributed by atoms with Gasteiger partial charge in [0.2, 0.25) is 0 Å². The van der Waals surface area contributed by atoms with E-state index in [1.165, 1.54) is 6.08 Å². The molecule has 0 bridgehead atoms. The highest BCUT2D eigenvalue weighted by Gasteiger charge is 2.36. The van der Waals surface area contributed by atoms with Crippen LogP contribution in [-0.4, -0.2) is 24.0 Å². The van der Waals surface area contributed by atoms with Gasteiger partial charge in [0.15, 0.2) is 5.78 Å². The summed E-state index contributed by atoms with van der Waals surface area (Å²) < 4.78 is 0.